The van der Waals surface area contributed by atoms with E-state index in [-0.39, 0.29) is 5.91 Å². The summed E-state index contributed by atoms with van der Waals surface area (Å²) < 4.78 is 5.71. The number of amides is 1. The number of nitrogens with one attached hydrogen (secondary N) is 1. The number of anilines is 2. The minimum absolute atomic E-state index is 0.160. The smallest absolute Gasteiger partial charge is 0.265 e. The number of carbonyl (C=O) groups is 1. The Kier molecular flexibility index (Phi) is 6.24. The highest BCUT2D eigenvalue weighted by Gasteiger charge is 2.15. The summed E-state index contributed by atoms with van der Waals surface area (Å²) in [5.41, 5.74) is 3.03. The van der Waals surface area contributed by atoms with E-state index in [1.165, 1.54) is 0 Å². The fourth-order valence-electron chi connectivity index (χ4n) is 2.53. The van der Waals surface area contributed by atoms with Crippen molar-refractivity contribution in [2.45, 2.75) is 33.8 Å². The Morgan fingerprint density at radius 1 is 1.12 bits per heavy atom. The molecule has 4 heteroatoms. The van der Waals surface area contributed by atoms with Gasteiger partial charge in [0.05, 0.1) is 0 Å². The molecule has 0 aromatic heterocycles. The van der Waals surface area contributed by atoms with Crippen LogP contribution < -0.4 is 15.0 Å². The summed E-state index contributed by atoms with van der Waals surface area (Å²) >= 11 is 0. The van der Waals surface area contributed by atoms with Gasteiger partial charge in [-0.05, 0) is 69.7 Å². The van der Waals surface area contributed by atoms with Crippen molar-refractivity contribution < 1.29 is 9.53 Å². The summed E-state index contributed by atoms with van der Waals surface area (Å²) in [4.78, 5) is 14.5. The number of nitrogens with zero attached hydrogens (tertiary/aromatic N) is 1. The van der Waals surface area contributed by atoms with Gasteiger partial charge < -0.3 is 15.0 Å². The molecule has 0 fully saturated rings. The van der Waals surface area contributed by atoms with Crippen LogP contribution in [0.5, 0.6) is 5.75 Å². The number of hydrogen-bond donors (Lipinski definition) is 1. The molecule has 24 heavy (non-hydrogen) atoms. The number of benzene rings is 2. The Morgan fingerprint density at radius 3 is 2.38 bits per heavy atom. The number of hydrogen-bond acceptors (Lipinski definition) is 3. The summed E-state index contributed by atoms with van der Waals surface area (Å²) in [6, 6.07) is 15.6. The molecule has 0 unspecified atom stereocenters. The quantitative estimate of drug-likeness (QED) is 0.827. The molecule has 0 aliphatic carbocycles. The second kappa shape index (κ2) is 8.39. The van der Waals surface area contributed by atoms with Gasteiger partial charge in [0.1, 0.15) is 5.75 Å². The molecule has 2 aromatic rings. The average molecular weight is 326 g/mol. The van der Waals surface area contributed by atoms with Crippen LogP contribution in [0.1, 0.15) is 26.3 Å². The van der Waals surface area contributed by atoms with E-state index in [1.807, 2.05) is 55.5 Å². The monoisotopic (exact) mass is 326 g/mol. The van der Waals surface area contributed by atoms with Crippen LogP contribution in [0, 0.1) is 6.92 Å². The van der Waals surface area contributed by atoms with Gasteiger partial charge in [-0.15, -0.1) is 0 Å². The van der Waals surface area contributed by atoms with E-state index in [0.29, 0.717) is 5.75 Å². The van der Waals surface area contributed by atoms with Crippen LogP contribution in [0.2, 0.25) is 0 Å². The molecule has 128 valence electrons. The first-order valence-corrected chi connectivity index (χ1v) is 8.42. The molecule has 0 saturated carbocycles. The van der Waals surface area contributed by atoms with Gasteiger partial charge in [0.15, 0.2) is 6.10 Å². The fourth-order valence-corrected chi connectivity index (χ4v) is 2.53. The number of rotatable bonds is 7. The lowest BCUT2D eigenvalue weighted by molar-refractivity contribution is -0.122. The second-order valence-corrected chi connectivity index (χ2v) is 5.79. The minimum Gasteiger partial charge on any atom is -0.481 e. The molecule has 0 saturated heterocycles. The zero-order valence-electron chi connectivity index (χ0n) is 14.9. The van der Waals surface area contributed by atoms with E-state index in [4.69, 9.17) is 4.74 Å². The SMILES string of the molecule is CCN(CC)c1ccc(NC(=O)[C@H](C)Oc2cccc(C)c2)cc1. The third-order valence-corrected chi connectivity index (χ3v) is 3.94. The Hall–Kier alpha value is -2.49. The van der Waals surface area contributed by atoms with Crippen LogP contribution >= 0.6 is 0 Å². The maximum Gasteiger partial charge on any atom is 0.265 e. The summed E-state index contributed by atoms with van der Waals surface area (Å²) in [7, 11) is 0. The molecule has 1 amide bonds. The third kappa shape index (κ3) is 4.75. The third-order valence-electron chi connectivity index (χ3n) is 3.94. The summed E-state index contributed by atoms with van der Waals surface area (Å²) in [6.45, 7) is 9.93. The van der Waals surface area contributed by atoms with Crippen LogP contribution in [-0.2, 0) is 4.79 Å². The predicted molar refractivity (Wildman–Crippen MR) is 99.9 cm³/mol. The molecule has 0 spiro atoms. The Labute approximate surface area is 144 Å². The number of carbonyl (C=O) groups excluding carboxylic acids is 1. The van der Waals surface area contributed by atoms with E-state index in [9.17, 15) is 4.79 Å². The fraction of sp³-hybridized carbons (Fsp3) is 0.350. The highest BCUT2D eigenvalue weighted by molar-refractivity contribution is 5.94. The van der Waals surface area contributed by atoms with Crippen molar-refractivity contribution in [2.75, 3.05) is 23.3 Å². The number of ether oxygens (including phenoxy) is 1. The molecule has 1 atom stereocenters. The summed E-state index contributed by atoms with van der Waals surface area (Å²) in [5, 5.41) is 2.90. The minimum atomic E-state index is -0.561. The lowest BCUT2D eigenvalue weighted by atomic mass is 10.2. The van der Waals surface area contributed by atoms with Crippen LogP contribution in [0.15, 0.2) is 48.5 Å². The molecular weight excluding hydrogens is 300 g/mol. The standard InChI is InChI=1S/C20H26N2O2/c1-5-22(6-2)18-12-10-17(11-13-18)21-20(23)16(4)24-19-9-7-8-15(3)14-19/h7-14,16H,5-6H2,1-4H3,(H,21,23)/t16-/m0/s1. The predicted octanol–water partition coefficient (Wildman–Crippen LogP) is 4.25. The van der Waals surface area contributed by atoms with Crippen molar-refractivity contribution in [2.24, 2.45) is 0 Å². The lowest BCUT2D eigenvalue weighted by Crippen LogP contribution is -2.30. The zero-order valence-corrected chi connectivity index (χ0v) is 14.9. The van der Waals surface area contributed by atoms with Gasteiger partial charge >= 0.3 is 0 Å². The maximum absolute atomic E-state index is 12.3. The van der Waals surface area contributed by atoms with Gasteiger partial charge in [0, 0.05) is 24.5 Å². The van der Waals surface area contributed by atoms with Crippen molar-refractivity contribution in [3.05, 3.63) is 54.1 Å². The second-order valence-electron chi connectivity index (χ2n) is 5.79. The van der Waals surface area contributed by atoms with Gasteiger partial charge in [0.25, 0.3) is 5.91 Å². The molecule has 4 nitrogen and oxygen atoms in total. The van der Waals surface area contributed by atoms with E-state index in [0.717, 1.165) is 30.0 Å². The van der Waals surface area contributed by atoms with E-state index >= 15 is 0 Å². The molecule has 0 aliphatic rings. The van der Waals surface area contributed by atoms with Crippen LogP contribution in [0.25, 0.3) is 0 Å². The van der Waals surface area contributed by atoms with E-state index in [1.54, 1.807) is 6.92 Å². The van der Waals surface area contributed by atoms with Crippen LogP contribution in [0.3, 0.4) is 0 Å². The van der Waals surface area contributed by atoms with Gasteiger partial charge in [0.2, 0.25) is 0 Å². The normalized spacial score (nSPS) is 11.7. The van der Waals surface area contributed by atoms with E-state index in [2.05, 4.69) is 24.1 Å². The molecule has 1 N–H and O–H groups in total. The summed E-state index contributed by atoms with van der Waals surface area (Å²) in [5.74, 6) is 0.543. The van der Waals surface area contributed by atoms with Crippen molar-refractivity contribution in [1.82, 2.24) is 0 Å². The lowest BCUT2D eigenvalue weighted by Gasteiger charge is -2.21. The van der Waals surface area contributed by atoms with Crippen molar-refractivity contribution in [3.63, 3.8) is 0 Å². The van der Waals surface area contributed by atoms with E-state index < -0.39 is 6.10 Å². The first-order valence-electron chi connectivity index (χ1n) is 8.42. The Balaban J connectivity index is 1.96. The van der Waals surface area contributed by atoms with Crippen molar-refractivity contribution >= 4 is 17.3 Å². The summed E-state index contributed by atoms with van der Waals surface area (Å²) in [6.07, 6.45) is -0.561. The van der Waals surface area contributed by atoms with Crippen molar-refractivity contribution in [3.8, 4) is 5.75 Å². The van der Waals surface area contributed by atoms with Gasteiger partial charge in [-0.2, -0.15) is 0 Å². The molecular formula is C20H26N2O2. The number of aryl methyl sites for hydroxylation is 1. The first kappa shape index (κ1) is 17.9. The van der Waals surface area contributed by atoms with Gasteiger partial charge in [-0.1, -0.05) is 12.1 Å². The van der Waals surface area contributed by atoms with Crippen molar-refractivity contribution in [1.29, 1.82) is 0 Å². The molecule has 0 bridgehead atoms. The maximum atomic E-state index is 12.3. The van der Waals surface area contributed by atoms with Crippen LogP contribution in [-0.4, -0.2) is 25.1 Å². The average Bonchev–Trinajstić information content (AvgIpc) is 2.57. The van der Waals surface area contributed by atoms with Gasteiger partial charge in [-0.25, -0.2) is 0 Å². The Bertz CT molecular complexity index is 664. The van der Waals surface area contributed by atoms with Crippen LogP contribution in [0.4, 0.5) is 11.4 Å². The molecule has 2 rings (SSSR count). The molecule has 0 heterocycles. The largest absolute Gasteiger partial charge is 0.481 e. The molecule has 0 radical (unpaired) electrons. The molecule has 2 aromatic carbocycles. The molecule has 0 aliphatic heterocycles. The zero-order chi connectivity index (χ0) is 17.5. The van der Waals surface area contributed by atoms with Gasteiger partial charge in [-0.3, -0.25) is 4.79 Å². The topological polar surface area (TPSA) is 41.6 Å². The highest BCUT2D eigenvalue weighted by Crippen LogP contribution is 2.19. The first-order chi connectivity index (χ1) is 11.5. The Morgan fingerprint density at radius 2 is 1.79 bits per heavy atom. The highest BCUT2D eigenvalue weighted by atomic mass is 16.5.